The van der Waals surface area contributed by atoms with E-state index in [0.29, 0.717) is 4.86 Å². The van der Waals surface area contributed by atoms with Gasteiger partial charge in [-0.2, -0.15) is 9.84 Å². The third-order valence-electron chi connectivity index (χ3n) is 3.92. The molecule has 1 saturated heterocycles. The maximum Gasteiger partial charge on any atom is 1.00 e. The first kappa shape index (κ1) is 36.4. The molecule has 1 fully saturated rings. The van der Waals surface area contributed by atoms with Crippen LogP contribution >= 0.6 is 23.3 Å². The smallest absolute Gasteiger partial charge is 0.766 e. The van der Waals surface area contributed by atoms with Gasteiger partial charge >= 0.3 is 88.7 Å². The molecule has 7 unspecified atom stereocenters. The van der Waals surface area contributed by atoms with E-state index in [1.165, 1.54) is 0 Å². The second kappa shape index (κ2) is 13.7. The molecule has 0 bridgehead atoms. The van der Waals surface area contributed by atoms with E-state index in [2.05, 4.69) is 23.8 Å². The molecule has 0 spiro atoms. The Bertz CT molecular complexity index is 1220. The number of nitrogen functional groups attached to an aromatic ring is 1. The molecule has 1 aliphatic heterocycles. The normalized spacial score (nSPS) is 26.9. The number of hydrogen-bond acceptors (Lipinski definition) is 15. The maximum atomic E-state index is 11.8. The molecule has 19 nitrogen and oxygen atoms in total. The zero-order valence-electron chi connectivity index (χ0n) is 18.3. The molecule has 3 heterocycles. The Morgan fingerprint density at radius 1 is 1.20 bits per heavy atom. The van der Waals surface area contributed by atoms with Crippen molar-refractivity contribution in [1.82, 2.24) is 24.4 Å². The predicted octanol–water partition coefficient (Wildman–Crippen LogP) is -13.6. The Kier molecular flexibility index (Phi) is 14.2. The van der Waals surface area contributed by atoms with Crippen molar-refractivity contribution < 1.29 is 146 Å². The minimum absolute atomic E-state index is 0. The monoisotopic (exact) mass is 588 g/mol. The van der Waals surface area contributed by atoms with E-state index in [-0.39, 0.29) is 106 Å². The quantitative estimate of drug-likeness (QED) is 0.123. The van der Waals surface area contributed by atoms with E-state index in [4.69, 9.17) is 15.4 Å². The van der Waals surface area contributed by atoms with Crippen LogP contribution in [0.4, 0.5) is 5.95 Å². The molecule has 35 heavy (non-hydrogen) atoms. The van der Waals surface area contributed by atoms with E-state index in [0.717, 1.165) is 10.9 Å². The summed E-state index contributed by atoms with van der Waals surface area (Å²) < 4.78 is 47.6. The van der Waals surface area contributed by atoms with Crippen LogP contribution in [0.2, 0.25) is 0 Å². The summed E-state index contributed by atoms with van der Waals surface area (Å²) in [6.07, 6.45) is -5.50. The van der Waals surface area contributed by atoms with Gasteiger partial charge in [0.2, 0.25) is 21.4 Å². The van der Waals surface area contributed by atoms with Crippen LogP contribution in [0.3, 0.4) is 0 Å². The summed E-state index contributed by atoms with van der Waals surface area (Å²) in [4.78, 5) is 64.1. The molecule has 180 valence electrons. The van der Waals surface area contributed by atoms with Gasteiger partial charge in [-0.1, -0.05) is 0 Å². The van der Waals surface area contributed by atoms with Crippen molar-refractivity contribution >= 4 is 40.4 Å². The Morgan fingerprint density at radius 3 is 2.37 bits per heavy atom. The largest absolute Gasteiger partial charge is 1.00 e. The zero-order valence-corrected chi connectivity index (χ0v) is 27.0. The van der Waals surface area contributed by atoms with Crippen LogP contribution in [0.25, 0.3) is 11.2 Å². The summed E-state index contributed by atoms with van der Waals surface area (Å²) in [6.45, 7) is -1.09. The molecule has 7 N–H and O–H groups in total. The van der Waals surface area contributed by atoms with Crippen molar-refractivity contribution in [3.8, 4) is 0 Å². The number of ether oxygens (including phenoxy) is 1. The van der Waals surface area contributed by atoms with Crippen molar-refractivity contribution in [2.45, 2.75) is 24.5 Å². The van der Waals surface area contributed by atoms with Gasteiger partial charge in [-0.25, -0.2) is 4.98 Å². The number of aromatic nitrogens is 4. The van der Waals surface area contributed by atoms with Crippen molar-refractivity contribution in [3.63, 3.8) is 0 Å². The van der Waals surface area contributed by atoms with Crippen LogP contribution < -0.4 is 120 Å². The molecule has 0 radical (unpaired) electrons. The average Bonchev–Trinajstić information content (AvgIpc) is 3.12. The molecule has 1 aliphatic rings. The number of nitrogens with zero attached hydrogens (tertiary/aromatic N) is 3. The number of fused-ring (bicyclic) bond motifs is 1. The third-order valence-corrected chi connectivity index (χ3v) is 8.03. The number of hydrogen-bond donors (Lipinski definition) is 6. The van der Waals surface area contributed by atoms with Gasteiger partial charge in [0.15, 0.2) is 17.4 Å². The van der Waals surface area contributed by atoms with Crippen molar-refractivity contribution in [1.29, 1.82) is 0 Å². The number of nitrogens with one attached hydrogen (secondary N) is 2. The van der Waals surface area contributed by atoms with Gasteiger partial charge in [-0.3, -0.25) is 32.4 Å². The first-order chi connectivity index (χ1) is 14.6. The fourth-order valence-corrected chi connectivity index (χ4v) is 6.00. The summed E-state index contributed by atoms with van der Waals surface area (Å²) in [5.74, 6) is -0.289. The van der Waals surface area contributed by atoms with Crippen LogP contribution in [-0.2, 0) is 27.3 Å². The standard InChI is InChI=1S/C10H17N6O13P3.3Na/c11-10-13-7-4(8(19)14-10)12-2-16(7)9-6(18)5(17)3(28-9)1-27-32(25,26)29-31(23,24)15-30(20,21)22;;;/h2-3,5-6,9,17-18H,1H2,(H,25,26)(H3,11,13,14,19)(H4,15,20,21,22,23,24);;;/q;3*+1/p-3. The number of H-pyrrole nitrogens is 1. The summed E-state index contributed by atoms with van der Waals surface area (Å²) in [5.41, 5.74) is 4.44. The fraction of sp³-hybridized carbons (Fsp3) is 0.500. The first-order valence-electron chi connectivity index (χ1n) is 8.14. The summed E-state index contributed by atoms with van der Waals surface area (Å²) >= 11 is 0. The Hall–Kier alpha value is 1.44. The van der Waals surface area contributed by atoms with Crippen molar-refractivity contribution in [3.05, 3.63) is 16.7 Å². The molecule has 0 aliphatic carbocycles. The minimum atomic E-state index is -5.86. The van der Waals surface area contributed by atoms with Gasteiger partial charge in [0.05, 0.1) is 12.9 Å². The number of anilines is 1. The molecular formula is C10H14N6Na3O13P3. The number of aromatic amines is 1. The molecule has 2 aromatic rings. The number of aliphatic hydroxyl groups excluding tert-OH is 2. The summed E-state index contributed by atoms with van der Waals surface area (Å²) in [6, 6.07) is 0. The number of imidazole rings is 1. The molecule has 7 atom stereocenters. The molecule has 0 saturated carbocycles. The number of aliphatic hydroxyl groups is 2. The molecule has 0 aromatic carbocycles. The predicted molar refractivity (Wildman–Crippen MR) is 93.7 cm³/mol. The van der Waals surface area contributed by atoms with Crippen LogP contribution in [0.1, 0.15) is 6.23 Å². The second-order valence-electron chi connectivity index (χ2n) is 6.26. The van der Waals surface area contributed by atoms with Crippen LogP contribution in [-0.4, -0.2) is 59.5 Å². The summed E-state index contributed by atoms with van der Waals surface area (Å²) in [5, 5.41) is 20.4. The Balaban J connectivity index is 0.00000385. The van der Waals surface area contributed by atoms with Gasteiger partial charge in [0.25, 0.3) is 13.4 Å². The Labute approximate surface area is 261 Å². The second-order valence-corrected chi connectivity index (χ2v) is 10.9. The van der Waals surface area contributed by atoms with Gasteiger partial charge in [-0.15, -0.1) is 0 Å². The molecule has 3 rings (SSSR count). The van der Waals surface area contributed by atoms with E-state index in [1.54, 1.807) is 0 Å². The van der Waals surface area contributed by atoms with Crippen LogP contribution in [0.5, 0.6) is 0 Å². The van der Waals surface area contributed by atoms with Crippen molar-refractivity contribution in [2.75, 3.05) is 12.3 Å². The van der Waals surface area contributed by atoms with Gasteiger partial charge in [0.1, 0.15) is 18.3 Å². The van der Waals surface area contributed by atoms with E-state index in [1.807, 2.05) is 0 Å². The fourth-order valence-electron chi connectivity index (χ4n) is 2.72. The summed E-state index contributed by atoms with van der Waals surface area (Å²) in [7, 11) is -17.3. The zero-order chi connectivity index (χ0) is 24.1. The number of nitrogens with two attached hydrogens (primary N) is 1. The van der Waals surface area contributed by atoms with E-state index < -0.39 is 60.0 Å². The van der Waals surface area contributed by atoms with Crippen LogP contribution in [0, 0.1) is 0 Å². The van der Waals surface area contributed by atoms with E-state index in [9.17, 15) is 43.4 Å². The van der Waals surface area contributed by atoms with Gasteiger partial charge in [-0.05, 0) is 0 Å². The third kappa shape index (κ3) is 9.54. The van der Waals surface area contributed by atoms with Crippen molar-refractivity contribution in [2.24, 2.45) is 0 Å². The van der Waals surface area contributed by atoms with Gasteiger partial charge in [0, 0.05) is 0 Å². The number of phosphoric acid groups is 1. The molecule has 25 heteroatoms. The van der Waals surface area contributed by atoms with Crippen LogP contribution in [0.15, 0.2) is 11.1 Å². The number of phosphoric ester groups is 1. The minimum Gasteiger partial charge on any atom is -0.766 e. The first-order valence-corrected chi connectivity index (χ1v) is 12.7. The molecular weight excluding hydrogens is 574 g/mol. The average molecular weight is 588 g/mol. The molecule has 2 aromatic heterocycles. The van der Waals surface area contributed by atoms with Gasteiger partial charge < -0.3 is 44.8 Å². The maximum absolute atomic E-state index is 11.8. The topological polar surface area (TPSA) is 310 Å². The van der Waals surface area contributed by atoms with E-state index >= 15 is 0 Å². The molecule has 0 amide bonds. The Morgan fingerprint density at radius 2 is 1.80 bits per heavy atom. The SMILES string of the molecule is Nc1nc2c(ncn2C2OC(COP(=O)([O-])OP(=O)([O-])NP(=O)([O-])O)C(O)C2O)c(=O)[nH]1.[Na+].[Na+].[Na+]. The number of rotatable bonds is 8.